The SMILES string of the molecule is Cc1nc(NN)c(C)c(Nc2cccc(Cl)c2Br)n1. The van der Waals surface area contributed by atoms with E-state index in [2.05, 4.69) is 36.6 Å². The third kappa shape index (κ3) is 2.97. The molecule has 0 aliphatic heterocycles. The molecule has 2 rings (SSSR count). The van der Waals surface area contributed by atoms with Gasteiger partial charge in [0.2, 0.25) is 0 Å². The number of nitrogens with zero attached hydrogens (tertiary/aromatic N) is 2. The van der Waals surface area contributed by atoms with Crippen LogP contribution in [0.15, 0.2) is 22.7 Å². The summed E-state index contributed by atoms with van der Waals surface area (Å²) in [5, 5.41) is 3.85. The summed E-state index contributed by atoms with van der Waals surface area (Å²) in [6, 6.07) is 5.57. The second kappa shape index (κ2) is 5.73. The number of halogens is 2. The standard InChI is InChI=1S/C12H13BrClN5/c1-6-11(16-7(2)17-12(6)19-15)18-9-5-3-4-8(14)10(9)13/h3-5H,15H2,1-2H3,(H2,16,17,18,19). The minimum Gasteiger partial charge on any atom is -0.339 e. The molecule has 0 atom stereocenters. The number of hydrazine groups is 1. The van der Waals surface area contributed by atoms with Gasteiger partial charge in [-0.15, -0.1) is 0 Å². The average Bonchev–Trinajstić information content (AvgIpc) is 2.38. The van der Waals surface area contributed by atoms with Gasteiger partial charge in [-0.3, -0.25) is 0 Å². The highest BCUT2D eigenvalue weighted by molar-refractivity contribution is 9.10. The zero-order valence-corrected chi connectivity index (χ0v) is 12.8. The van der Waals surface area contributed by atoms with Gasteiger partial charge >= 0.3 is 0 Å². The van der Waals surface area contributed by atoms with Crippen molar-refractivity contribution in [2.45, 2.75) is 13.8 Å². The first-order valence-corrected chi connectivity index (χ1v) is 6.73. The van der Waals surface area contributed by atoms with Gasteiger partial charge in [0.25, 0.3) is 0 Å². The van der Waals surface area contributed by atoms with E-state index in [0.717, 1.165) is 15.7 Å². The van der Waals surface area contributed by atoms with Gasteiger partial charge in [-0.05, 0) is 41.9 Å². The maximum absolute atomic E-state index is 6.06. The number of benzene rings is 1. The van der Waals surface area contributed by atoms with Crippen LogP contribution in [0.25, 0.3) is 0 Å². The fourth-order valence-electron chi connectivity index (χ4n) is 1.62. The number of hydrogen-bond acceptors (Lipinski definition) is 5. The molecular weight excluding hydrogens is 330 g/mol. The smallest absolute Gasteiger partial charge is 0.148 e. The van der Waals surface area contributed by atoms with Crippen molar-refractivity contribution in [3.05, 3.63) is 39.1 Å². The van der Waals surface area contributed by atoms with Crippen molar-refractivity contribution in [1.82, 2.24) is 9.97 Å². The van der Waals surface area contributed by atoms with E-state index in [4.69, 9.17) is 17.4 Å². The predicted octanol–water partition coefficient (Wildman–Crippen LogP) is 3.54. The Morgan fingerprint density at radius 2 is 1.89 bits per heavy atom. The van der Waals surface area contributed by atoms with E-state index in [1.165, 1.54) is 0 Å². The van der Waals surface area contributed by atoms with Gasteiger partial charge in [-0.25, -0.2) is 15.8 Å². The summed E-state index contributed by atoms with van der Waals surface area (Å²) in [6.07, 6.45) is 0. The Morgan fingerprint density at radius 1 is 1.21 bits per heavy atom. The van der Waals surface area contributed by atoms with Crippen LogP contribution in [0.4, 0.5) is 17.3 Å². The molecular formula is C12H13BrClN5. The maximum Gasteiger partial charge on any atom is 0.148 e. The molecule has 0 radical (unpaired) electrons. The highest BCUT2D eigenvalue weighted by atomic mass is 79.9. The molecule has 100 valence electrons. The number of nitrogens with two attached hydrogens (primary N) is 1. The van der Waals surface area contributed by atoms with E-state index in [1.54, 1.807) is 6.92 Å². The van der Waals surface area contributed by atoms with Crippen molar-refractivity contribution in [3.8, 4) is 0 Å². The summed E-state index contributed by atoms with van der Waals surface area (Å²) >= 11 is 9.50. The third-order valence-corrected chi connectivity index (χ3v) is 4.00. The van der Waals surface area contributed by atoms with Crippen molar-refractivity contribution < 1.29 is 0 Å². The Hall–Kier alpha value is -1.37. The lowest BCUT2D eigenvalue weighted by atomic mass is 10.2. The van der Waals surface area contributed by atoms with Crippen LogP contribution in [-0.4, -0.2) is 9.97 Å². The van der Waals surface area contributed by atoms with E-state index in [1.807, 2.05) is 25.1 Å². The number of nitrogens with one attached hydrogen (secondary N) is 2. The summed E-state index contributed by atoms with van der Waals surface area (Å²) in [5.41, 5.74) is 4.22. The first-order chi connectivity index (χ1) is 9.02. The molecule has 1 aromatic heterocycles. The van der Waals surface area contributed by atoms with E-state index in [0.29, 0.717) is 22.5 Å². The minimum absolute atomic E-state index is 0.591. The van der Waals surface area contributed by atoms with Gasteiger partial charge in [0, 0.05) is 5.56 Å². The van der Waals surface area contributed by atoms with Gasteiger partial charge in [-0.1, -0.05) is 17.7 Å². The Bertz CT molecular complexity index is 617. The molecule has 7 heteroatoms. The number of aryl methyl sites for hydroxylation is 1. The van der Waals surface area contributed by atoms with Crippen LogP contribution < -0.4 is 16.6 Å². The molecule has 0 aliphatic carbocycles. The van der Waals surface area contributed by atoms with Crippen molar-refractivity contribution in [2.24, 2.45) is 5.84 Å². The van der Waals surface area contributed by atoms with Crippen LogP contribution >= 0.6 is 27.5 Å². The Balaban J connectivity index is 2.43. The highest BCUT2D eigenvalue weighted by Gasteiger charge is 2.10. The minimum atomic E-state index is 0.591. The van der Waals surface area contributed by atoms with Gasteiger partial charge in [0.05, 0.1) is 15.2 Å². The molecule has 0 aliphatic rings. The second-order valence-corrected chi connectivity index (χ2v) is 5.16. The molecule has 2 aromatic rings. The van der Waals surface area contributed by atoms with E-state index in [-0.39, 0.29) is 0 Å². The maximum atomic E-state index is 6.06. The molecule has 0 bridgehead atoms. The zero-order valence-electron chi connectivity index (χ0n) is 10.5. The molecule has 0 saturated heterocycles. The highest BCUT2D eigenvalue weighted by Crippen LogP contribution is 2.33. The summed E-state index contributed by atoms with van der Waals surface area (Å²) < 4.78 is 0.787. The Labute approximate surface area is 124 Å². The van der Waals surface area contributed by atoms with Crippen LogP contribution in [0.1, 0.15) is 11.4 Å². The lowest BCUT2D eigenvalue weighted by Crippen LogP contribution is -2.13. The van der Waals surface area contributed by atoms with E-state index < -0.39 is 0 Å². The fraction of sp³-hybridized carbons (Fsp3) is 0.167. The summed E-state index contributed by atoms with van der Waals surface area (Å²) in [7, 11) is 0. The number of hydrogen-bond donors (Lipinski definition) is 3. The second-order valence-electron chi connectivity index (χ2n) is 3.96. The lowest BCUT2D eigenvalue weighted by molar-refractivity contribution is 1.03. The van der Waals surface area contributed by atoms with Crippen molar-refractivity contribution in [3.63, 3.8) is 0 Å². The predicted molar refractivity (Wildman–Crippen MR) is 81.8 cm³/mol. The molecule has 0 fully saturated rings. The normalized spacial score (nSPS) is 10.4. The van der Waals surface area contributed by atoms with Gasteiger partial charge in [0.15, 0.2) is 0 Å². The molecule has 0 unspecified atom stereocenters. The first-order valence-electron chi connectivity index (χ1n) is 5.56. The Kier molecular flexibility index (Phi) is 4.24. The van der Waals surface area contributed by atoms with Crippen LogP contribution in [0.3, 0.4) is 0 Å². The molecule has 5 nitrogen and oxygen atoms in total. The quantitative estimate of drug-likeness (QED) is 0.587. The molecule has 1 aromatic carbocycles. The largest absolute Gasteiger partial charge is 0.339 e. The van der Waals surface area contributed by atoms with Crippen LogP contribution in [0.2, 0.25) is 5.02 Å². The zero-order chi connectivity index (χ0) is 14.0. The lowest BCUT2D eigenvalue weighted by Gasteiger charge is -2.13. The molecule has 4 N–H and O–H groups in total. The number of nitrogen functional groups attached to an aromatic ring is 1. The van der Waals surface area contributed by atoms with Crippen molar-refractivity contribution in [2.75, 3.05) is 10.7 Å². The van der Waals surface area contributed by atoms with Gasteiger partial charge in [-0.2, -0.15) is 0 Å². The molecule has 0 spiro atoms. The van der Waals surface area contributed by atoms with E-state index in [9.17, 15) is 0 Å². The van der Waals surface area contributed by atoms with Crippen LogP contribution in [-0.2, 0) is 0 Å². The molecule has 1 heterocycles. The summed E-state index contributed by atoms with van der Waals surface area (Å²) in [5.74, 6) is 7.34. The Morgan fingerprint density at radius 3 is 2.58 bits per heavy atom. The topological polar surface area (TPSA) is 75.9 Å². The van der Waals surface area contributed by atoms with Crippen molar-refractivity contribution >= 4 is 44.9 Å². The molecule has 0 saturated carbocycles. The molecule has 0 amide bonds. The first kappa shape index (κ1) is 14.0. The summed E-state index contributed by atoms with van der Waals surface area (Å²) in [4.78, 5) is 8.57. The number of aromatic nitrogens is 2. The average molecular weight is 343 g/mol. The van der Waals surface area contributed by atoms with Crippen molar-refractivity contribution in [1.29, 1.82) is 0 Å². The van der Waals surface area contributed by atoms with Crippen LogP contribution in [0.5, 0.6) is 0 Å². The number of anilines is 3. The van der Waals surface area contributed by atoms with Gasteiger partial charge in [0.1, 0.15) is 17.5 Å². The third-order valence-electron chi connectivity index (χ3n) is 2.60. The fourth-order valence-corrected chi connectivity index (χ4v) is 2.16. The van der Waals surface area contributed by atoms with E-state index >= 15 is 0 Å². The molecule has 19 heavy (non-hydrogen) atoms. The monoisotopic (exact) mass is 341 g/mol. The summed E-state index contributed by atoms with van der Waals surface area (Å²) in [6.45, 7) is 3.69. The van der Waals surface area contributed by atoms with Gasteiger partial charge < -0.3 is 10.7 Å². The number of rotatable bonds is 3. The van der Waals surface area contributed by atoms with Crippen LogP contribution in [0, 0.1) is 13.8 Å².